The average molecular weight is 280 g/mol. The van der Waals surface area contributed by atoms with Gasteiger partial charge in [0.15, 0.2) is 0 Å². The normalized spacial score (nSPS) is 28.1. The van der Waals surface area contributed by atoms with Crippen molar-refractivity contribution in [1.29, 1.82) is 0 Å². The Morgan fingerprint density at radius 3 is 2.50 bits per heavy atom. The third-order valence-electron chi connectivity index (χ3n) is 5.78. The number of nitrogens with zero attached hydrogens (tertiary/aromatic N) is 1. The van der Waals surface area contributed by atoms with Gasteiger partial charge in [0.05, 0.1) is 0 Å². The van der Waals surface area contributed by atoms with Crippen molar-refractivity contribution in [2.75, 3.05) is 26.2 Å². The van der Waals surface area contributed by atoms with E-state index in [1.54, 1.807) is 0 Å². The van der Waals surface area contributed by atoms with Gasteiger partial charge in [-0.25, -0.2) is 0 Å². The fraction of sp³-hybridized carbons (Fsp3) is 1.00. The Kier molecular flexibility index (Phi) is 6.35. The summed E-state index contributed by atoms with van der Waals surface area (Å²) < 4.78 is 0. The first-order chi connectivity index (χ1) is 9.68. The zero-order valence-electron chi connectivity index (χ0n) is 14.1. The average Bonchev–Trinajstić information content (AvgIpc) is 3.09. The molecule has 0 aromatic heterocycles. The summed E-state index contributed by atoms with van der Waals surface area (Å²) in [5, 5.41) is 3.66. The summed E-state index contributed by atoms with van der Waals surface area (Å²) in [4.78, 5) is 2.85. The summed E-state index contributed by atoms with van der Waals surface area (Å²) in [7, 11) is 0. The van der Waals surface area contributed by atoms with Crippen LogP contribution in [0.25, 0.3) is 0 Å². The molecular weight excluding hydrogens is 244 g/mol. The molecule has 20 heavy (non-hydrogen) atoms. The predicted molar refractivity (Wildman–Crippen MR) is 88.1 cm³/mol. The van der Waals surface area contributed by atoms with Gasteiger partial charge in [0.2, 0.25) is 0 Å². The molecule has 1 heterocycles. The highest BCUT2D eigenvalue weighted by Crippen LogP contribution is 2.37. The summed E-state index contributed by atoms with van der Waals surface area (Å²) in [6.07, 6.45) is 11.4. The molecule has 2 rings (SSSR count). The Labute approximate surface area is 126 Å². The quantitative estimate of drug-likeness (QED) is 0.675. The minimum absolute atomic E-state index is 0.455. The number of hydrogen-bond acceptors (Lipinski definition) is 2. The van der Waals surface area contributed by atoms with Crippen molar-refractivity contribution in [3.8, 4) is 0 Å². The van der Waals surface area contributed by atoms with Crippen molar-refractivity contribution >= 4 is 0 Å². The molecule has 2 atom stereocenters. The largest absolute Gasteiger partial charge is 0.316 e. The predicted octanol–water partition coefficient (Wildman–Crippen LogP) is 4.06. The van der Waals surface area contributed by atoms with Crippen LogP contribution in [0.3, 0.4) is 0 Å². The molecule has 118 valence electrons. The molecule has 2 aliphatic rings. The fourth-order valence-corrected chi connectivity index (χ4v) is 4.27. The second-order valence-corrected chi connectivity index (χ2v) is 7.57. The highest BCUT2D eigenvalue weighted by atomic mass is 15.2. The van der Waals surface area contributed by atoms with Crippen molar-refractivity contribution in [3.05, 3.63) is 0 Å². The van der Waals surface area contributed by atoms with Gasteiger partial charge >= 0.3 is 0 Å². The van der Waals surface area contributed by atoms with Gasteiger partial charge in [0, 0.05) is 19.1 Å². The van der Waals surface area contributed by atoms with Crippen molar-refractivity contribution < 1.29 is 0 Å². The van der Waals surface area contributed by atoms with Gasteiger partial charge in [-0.3, -0.25) is 4.90 Å². The molecule has 1 saturated heterocycles. The topological polar surface area (TPSA) is 15.3 Å². The molecule has 0 aromatic carbocycles. The SMILES string of the molecule is CCCNCC(C)(CC)CN1CCCC1C1CCCC1. The monoisotopic (exact) mass is 280 g/mol. The van der Waals surface area contributed by atoms with E-state index in [1.807, 2.05) is 0 Å². The number of hydrogen-bond donors (Lipinski definition) is 1. The van der Waals surface area contributed by atoms with Crippen LogP contribution in [0.15, 0.2) is 0 Å². The van der Waals surface area contributed by atoms with Gasteiger partial charge in [-0.15, -0.1) is 0 Å². The summed E-state index contributed by atoms with van der Waals surface area (Å²) in [6.45, 7) is 12.1. The van der Waals surface area contributed by atoms with E-state index in [0.717, 1.165) is 12.0 Å². The Bertz CT molecular complexity index is 273. The van der Waals surface area contributed by atoms with Crippen LogP contribution in [0.1, 0.15) is 72.1 Å². The lowest BCUT2D eigenvalue weighted by Gasteiger charge is -2.38. The van der Waals surface area contributed by atoms with Gasteiger partial charge in [0.1, 0.15) is 0 Å². The minimum atomic E-state index is 0.455. The first kappa shape index (κ1) is 16.3. The molecule has 0 spiro atoms. The van der Waals surface area contributed by atoms with Gasteiger partial charge in [-0.05, 0) is 62.9 Å². The highest BCUT2D eigenvalue weighted by molar-refractivity contribution is 4.91. The minimum Gasteiger partial charge on any atom is -0.316 e. The van der Waals surface area contributed by atoms with Crippen LogP contribution in [0.2, 0.25) is 0 Å². The smallest absolute Gasteiger partial charge is 0.0124 e. The summed E-state index contributed by atoms with van der Waals surface area (Å²) in [6, 6.07) is 0.912. The molecule has 2 heteroatoms. The van der Waals surface area contributed by atoms with E-state index in [2.05, 4.69) is 31.0 Å². The molecule has 2 nitrogen and oxygen atoms in total. The third-order valence-corrected chi connectivity index (χ3v) is 5.78. The second-order valence-electron chi connectivity index (χ2n) is 7.57. The van der Waals surface area contributed by atoms with E-state index in [4.69, 9.17) is 0 Å². The van der Waals surface area contributed by atoms with Gasteiger partial charge in [0.25, 0.3) is 0 Å². The van der Waals surface area contributed by atoms with Crippen molar-refractivity contribution in [1.82, 2.24) is 10.2 Å². The Balaban J connectivity index is 1.88. The van der Waals surface area contributed by atoms with Crippen LogP contribution in [-0.4, -0.2) is 37.1 Å². The van der Waals surface area contributed by atoms with Gasteiger partial charge in [-0.1, -0.05) is 33.6 Å². The number of nitrogens with one attached hydrogen (secondary N) is 1. The lowest BCUT2D eigenvalue weighted by Crippen LogP contribution is -2.45. The van der Waals surface area contributed by atoms with Crippen molar-refractivity contribution in [2.24, 2.45) is 11.3 Å². The van der Waals surface area contributed by atoms with Crippen LogP contribution < -0.4 is 5.32 Å². The lowest BCUT2D eigenvalue weighted by atomic mass is 9.85. The third kappa shape index (κ3) is 4.21. The molecule has 1 aliphatic carbocycles. The highest BCUT2D eigenvalue weighted by Gasteiger charge is 2.36. The Morgan fingerprint density at radius 1 is 1.10 bits per heavy atom. The molecule has 1 saturated carbocycles. The van der Waals surface area contributed by atoms with Gasteiger partial charge in [-0.2, -0.15) is 0 Å². The molecule has 1 aliphatic heterocycles. The van der Waals surface area contributed by atoms with Crippen molar-refractivity contribution in [2.45, 2.75) is 78.2 Å². The molecule has 0 aromatic rings. The van der Waals surface area contributed by atoms with Crippen molar-refractivity contribution in [3.63, 3.8) is 0 Å². The van der Waals surface area contributed by atoms with Crippen LogP contribution in [0.5, 0.6) is 0 Å². The molecule has 2 unspecified atom stereocenters. The van der Waals surface area contributed by atoms with Crippen LogP contribution >= 0.6 is 0 Å². The number of likely N-dealkylation sites (tertiary alicyclic amines) is 1. The maximum absolute atomic E-state index is 3.66. The zero-order chi connectivity index (χ0) is 14.4. The van der Waals surface area contributed by atoms with Crippen LogP contribution in [-0.2, 0) is 0 Å². The van der Waals surface area contributed by atoms with Crippen LogP contribution in [0, 0.1) is 11.3 Å². The molecule has 1 N–H and O–H groups in total. The summed E-state index contributed by atoms with van der Waals surface area (Å²) >= 11 is 0. The standard InChI is InChI=1S/C18H36N2/c1-4-12-19-14-18(3,5-2)15-20-13-8-11-17(20)16-9-6-7-10-16/h16-17,19H,4-15H2,1-3H3. The van der Waals surface area contributed by atoms with Gasteiger partial charge < -0.3 is 5.32 Å². The molecule has 0 amide bonds. The van der Waals surface area contributed by atoms with E-state index >= 15 is 0 Å². The van der Waals surface area contributed by atoms with E-state index in [0.29, 0.717) is 5.41 Å². The number of rotatable bonds is 8. The summed E-state index contributed by atoms with van der Waals surface area (Å²) in [5.41, 5.74) is 0.455. The molecule has 0 bridgehead atoms. The zero-order valence-corrected chi connectivity index (χ0v) is 14.1. The maximum atomic E-state index is 3.66. The Morgan fingerprint density at radius 2 is 1.85 bits per heavy atom. The summed E-state index contributed by atoms with van der Waals surface area (Å²) in [5.74, 6) is 1.02. The molecular formula is C18H36N2. The van der Waals surface area contributed by atoms with E-state index < -0.39 is 0 Å². The maximum Gasteiger partial charge on any atom is 0.0124 e. The second kappa shape index (κ2) is 7.79. The van der Waals surface area contributed by atoms with E-state index in [-0.39, 0.29) is 0 Å². The molecule has 0 radical (unpaired) electrons. The van der Waals surface area contributed by atoms with E-state index in [1.165, 1.54) is 77.5 Å². The lowest BCUT2D eigenvalue weighted by molar-refractivity contribution is 0.115. The first-order valence-corrected chi connectivity index (χ1v) is 9.13. The Hall–Kier alpha value is -0.0800. The van der Waals surface area contributed by atoms with Crippen LogP contribution in [0.4, 0.5) is 0 Å². The molecule has 2 fully saturated rings. The first-order valence-electron chi connectivity index (χ1n) is 9.13. The fourth-order valence-electron chi connectivity index (χ4n) is 4.27. The van der Waals surface area contributed by atoms with E-state index in [9.17, 15) is 0 Å².